The zero-order valence-electron chi connectivity index (χ0n) is 21.4. The molecule has 0 aliphatic carbocycles. The zero-order chi connectivity index (χ0) is 27.4. The van der Waals surface area contributed by atoms with Crippen molar-refractivity contribution in [1.82, 2.24) is 24.7 Å². The van der Waals surface area contributed by atoms with Gasteiger partial charge in [-0.3, -0.25) is 19.3 Å². The molecular formula is C25H27BrN6O5S. The number of halogens is 1. The van der Waals surface area contributed by atoms with Crippen LogP contribution in [0, 0.1) is 6.92 Å². The van der Waals surface area contributed by atoms with Crippen molar-refractivity contribution in [1.29, 1.82) is 0 Å². The summed E-state index contributed by atoms with van der Waals surface area (Å²) in [5, 5.41) is 7.48. The van der Waals surface area contributed by atoms with Gasteiger partial charge in [-0.15, -0.1) is 10.2 Å². The summed E-state index contributed by atoms with van der Waals surface area (Å²) < 4.78 is 49.0. The number of hydrogen-bond donors (Lipinski definition) is 1. The molecular weight excluding hydrogens is 576 g/mol. The SMILES string of the molecule is COc1cccc(OC)c1-n1c(NS(=O)(=O)[C@H](C)[C@@H](OC)c2ccc(Br)cn2)nnc1-c1cncc(C)c1. The highest BCUT2D eigenvalue weighted by molar-refractivity contribution is 9.10. The summed E-state index contributed by atoms with van der Waals surface area (Å²) in [6, 6.07) is 10.6. The van der Waals surface area contributed by atoms with E-state index >= 15 is 0 Å². The number of hydrogen-bond acceptors (Lipinski definition) is 9. The lowest BCUT2D eigenvalue weighted by atomic mass is 10.2. The molecule has 0 aliphatic heterocycles. The topological polar surface area (TPSA) is 130 Å². The summed E-state index contributed by atoms with van der Waals surface area (Å²) in [5.74, 6) is 1.13. The third-order valence-electron chi connectivity index (χ3n) is 5.87. The first-order chi connectivity index (χ1) is 18.2. The van der Waals surface area contributed by atoms with E-state index in [1.165, 1.54) is 32.8 Å². The van der Waals surface area contributed by atoms with Crippen LogP contribution in [-0.4, -0.2) is 59.7 Å². The van der Waals surface area contributed by atoms with E-state index in [1.54, 1.807) is 48.9 Å². The minimum Gasteiger partial charge on any atom is -0.494 e. The molecule has 0 amide bonds. The maximum Gasteiger partial charge on any atom is 0.243 e. The van der Waals surface area contributed by atoms with Gasteiger partial charge in [0.05, 0.1) is 19.9 Å². The molecule has 38 heavy (non-hydrogen) atoms. The molecule has 2 atom stereocenters. The van der Waals surface area contributed by atoms with E-state index in [-0.39, 0.29) is 5.95 Å². The van der Waals surface area contributed by atoms with Crippen LogP contribution < -0.4 is 14.2 Å². The molecule has 0 radical (unpaired) electrons. The predicted molar refractivity (Wildman–Crippen MR) is 146 cm³/mol. The second-order valence-electron chi connectivity index (χ2n) is 8.35. The Labute approximate surface area is 229 Å². The normalized spacial score (nSPS) is 13.1. The Morgan fingerprint density at radius 3 is 2.29 bits per heavy atom. The van der Waals surface area contributed by atoms with Gasteiger partial charge in [-0.1, -0.05) is 6.07 Å². The van der Waals surface area contributed by atoms with Crippen LogP contribution in [0.1, 0.15) is 24.3 Å². The first-order valence-corrected chi connectivity index (χ1v) is 13.8. The summed E-state index contributed by atoms with van der Waals surface area (Å²) in [4.78, 5) is 8.57. The lowest BCUT2D eigenvalue weighted by Crippen LogP contribution is -2.33. The molecule has 1 N–H and O–H groups in total. The van der Waals surface area contributed by atoms with Gasteiger partial charge in [0, 0.05) is 35.7 Å². The molecule has 0 spiro atoms. The quantitative estimate of drug-likeness (QED) is 0.282. The average Bonchev–Trinajstić information content (AvgIpc) is 3.31. The molecule has 1 aromatic carbocycles. The van der Waals surface area contributed by atoms with Crippen LogP contribution in [-0.2, 0) is 14.8 Å². The molecule has 0 unspecified atom stereocenters. The van der Waals surface area contributed by atoms with E-state index in [1.807, 2.05) is 13.0 Å². The van der Waals surface area contributed by atoms with Gasteiger partial charge < -0.3 is 14.2 Å². The van der Waals surface area contributed by atoms with Gasteiger partial charge in [0.25, 0.3) is 0 Å². The number of anilines is 1. The third-order valence-corrected chi connectivity index (χ3v) is 8.03. The van der Waals surface area contributed by atoms with Crippen LogP contribution in [0.2, 0.25) is 0 Å². The summed E-state index contributed by atoms with van der Waals surface area (Å²) in [7, 11) is 0.381. The summed E-state index contributed by atoms with van der Waals surface area (Å²) in [6.07, 6.45) is 4.07. The highest BCUT2D eigenvalue weighted by Gasteiger charge is 2.34. The lowest BCUT2D eigenvalue weighted by Gasteiger charge is -2.23. The average molecular weight is 603 g/mol. The molecule has 200 valence electrons. The van der Waals surface area contributed by atoms with Crippen LogP contribution >= 0.6 is 15.9 Å². The number of pyridine rings is 2. The molecule has 3 heterocycles. The Hall–Kier alpha value is -3.55. The number of nitrogens with one attached hydrogen (secondary N) is 1. The minimum atomic E-state index is -4.08. The van der Waals surface area contributed by atoms with Crippen molar-refractivity contribution >= 4 is 31.9 Å². The Bertz CT molecular complexity index is 1510. The van der Waals surface area contributed by atoms with Gasteiger partial charge in [0.15, 0.2) is 5.82 Å². The molecule has 0 aliphatic rings. The lowest BCUT2D eigenvalue weighted by molar-refractivity contribution is 0.0989. The van der Waals surface area contributed by atoms with E-state index in [4.69, 9.17) is 14.2 Å². The largest absolute Gasteiger partial charge is 0.494 e. The fraction of sp³-hybridized carbons (Fsp3) is 0.280. The van der Waals surface area contributed by atoms with E-state index < -0.39 is 21.4 Å². The van der Waals surface area contributed by atoms with Gasteiger partial charge >= 0.3 is 0 Å². The molecule has 4 rings (SSSR count). The summed E-state index contributed by atoms with van der Waals surface area (Å²) >= 11 is 3.34. The number of benzene rings is 1. The van der Waals surface area contributed by atoms with E-state index in [9.17, 15) is 8.42 Å². The van der Waals surface area contributed by atoms with Crippen LogP contribution in [0.5, 0.6) is 11.5 Å². The molecule has 0 fully saturated rings. The Balaban J connectivity index is 1.84. The van der Waals surface area contributed by atoms with Crippen molar-refractivity contribution in [3.63, 3.8) is 0 Å². The molecule has 4 aromatic rings. The Morgan fingerprint density at radius 2 is 1.71 bits per heavy atom. The standard InChI is InChI=1S/C25H27BrN6O5S/c1-15-11-17(13-27-12-15)24-29-30-25(32(24)22-20(35-3)7-6-8-21(22)36-4)31-38(33,34)16(2)23(37-5)19-10-9-18(26)14-28-19/h6-14,16,23H,1-5H3,(H,30,31)/t16-,23-/m1/s1. The van der Waals surface area contributed by atoms with Gasteiger partial charge in [-0.05, 0) is 65.7 Å². The molecule has 0 saturated heterocycles. The predicted octanol–water partition coefficient (Wildman–Crippen LogP) is 4.33. The zero-order valence-corrected chi connectivity index (χ0v) is 23.8. The Morgan fingerprint density at radius 1 is 1.00 bits per heavy atom. The van der Waals surface area contributed by atoms with E-state index in [0.717, 1.165) is 10.0 Å². The number of methoxy groups -OCH3 is 3. The number of aryl methyl sites for hydroxylation is 1. The van der Waals surface area contributed by atoms with Crippen molar-refractivity contribution in [2.24, 2.45) is 0 Å². The highest BCUT2D eigenvalue weighted by Crippen LogP contribution is 2.38. The van der Waals surface area contributed by atoms with Crippen molar-refractivity contribution in [3.05, 3.63) is 70.7 Å². The number of ether oxygens (including phenoxy) is 3. The second kappa shape index (κ2) is 11.5. The number of sulfonamides is 1. The van der Waals surface area contributed by atoms with Gasteiger partial charge in [0.1, 0.15) is 28.5 Å². The molecule has 0 bridgehead atoms. The van der Waals surface area contributed by atoms with Crippen molar-refractivity contribution < 1.29 is 22.6 Å². The van der Waals surface area contributed by atoms with E-state index in [0.29, 0.717) is 34.3 Å². The maximum atomic E-state index is 13.6. The number of aromatic nitrogens is 5. The maximum absolute atomic E-state index is 13.6. The number of para-hydroxylation sites is 1. The van der Waals surface area contributed by atoms with Crippen LogP contribution in [0.15, 0.2) is 59.5 Å². The minimum absolute atomic E-state index is 0.0604. The Kier molecular flexibility index (Phi) is 8.29. The molecule has 11 nitrogen and oxygen atoms in total. The first-order valence-electron chi connectivity index (χ1n) is 11.4. The van der Waals surface area contributed by atoms with Crippen molar-refractivity contribution in [3.8, 4) is 28.6 Å². The van der Waals surface area contributed by atoms with Gasteiger partial charge in [-0.25, -0.2) is 8.42 Å². The second-order valence-corrected chi connectivity index (χ2v) is 11.3. The summed E-state index contributed by atoms with van der Waals surface area (Å²) in [6.45, 7) is 3.43. The fourth-order valence-corrected chi connectivity index (χ4v) is 5.35. The molecule has 0 saturated carbocycles. The third kappa shape index (κ3) is 5.49. The van der Waals surface area contributed by atoms with Gasteiger partial charge in [0.2, 0.25) is 16.0 Å². The van der Waals surface area contributed by atoms with Crippen LogP contribution in [0.25, 0.3) is 17.1 Å². The van der Waals surface area contributed by atoms with E-state index in [2.05, 4.69) is 40.8 Å². The van der Waals surface area contributed by atoms with Crippen LogP contribution in [0.3, 0.4) is 0 Å². The number of nitrogens with zero attached hydrogens (tertiary/aromatic N) is 5. The molecule has 3 aromatic heterocycles. The van der Waals surface area contributed by atoms with Crippen LogP contribution in [0.4, 0.5) is 5.95 Å². The first kappa shape index (κ1) is 27.5. The summed E-state index contributed by atoms with van der Waals surface area (Å²) in [5.41, 5.74) is 2.40. The van der Waals surface area contributed by atoms with Crippen molar-refractivity contribution in [2.45, 2.75) is 25.2 Å². The monoisotopic (exact) mass is 602 g/mol. The number of rotatable bonds is 10. The molecule has 13 heteroatoms. The fourth-order valence-electron chi connectivity index (χ4n) is 3.97. The smallest absolute Gasteiger partial charge is 0.243 e. The van der Waals surface area contributed by atoms with Crippen molar-refractivity contribution in [2.75, 3.05) is 26.1 Å². The highest BCUT2D eigenvalue weighted by atomic mass is 79.9. The van der Waals surface area contributed by atoms with Gasteiger partial charge in [-0.2, -0.15) is 0 Å².